The molecule has 1 heterocycles. The third-order valence-electron chi connectivity index (χ3n) is 3.74. The Bertz CT molecular complexity index is 338. The summed E-state index contributed by atoms with van der Waals surface area (Å²) in [5.74, 6) is 2.61. The summed E-state index contributed by atoms with van der Waals surface area (Å²) in [6.07, 6.45) is 6.76. The Morgan fingerprint density at radius 3 is 2.71 bits per heavy atom. The average Bonchev–Trinajstić information content (AvgIpc) is 2.75. The summed E-state index contributed by atoms with van der Waals surface area (Å²) in [5.41, 5.74) is 1.11. The van der Waals surface area contributed by atoms with E-state index < -0.39 is 0 Å². The molecular weight excluding hydrogens is 212 g/mol. The van der Waals surface area contributed by atoms with Crippen LogP contribution in [0.5, 0.6) is 0 Å². The first-order chi connectivity index (χ1) is 8.16. The van der Waals surface area contributed by atoms with Gasteiger partial charge in [-0.05, 0) is 18.8 Å². The summed E-state index contributed by atoms with van der Waals surface area (Å²) in [6, 6.07) is 0.492. The van der Waals surface area contributed by atoms with Crippen LogP contribution in [0.25, 0.3) is 0 Å². The van der Waals surface area contributed by atoms with E-state index in [9.17, 15) is 0 Å². The number of hydrogen-bond acceptors (Lipinski definition) is 3. The van der Waals surface area contributed by atoms with Crippen LogP contribution in [0.15, 0.2) is 10.8 Å². The average molecular weight is 236 g/mol. The predicted molar refractivity (Wildman–Crippen MR) is 68.9 cm³/mol. The highest BCUT2D eigenvalue weighted by Gasteiger charge is 2.24. The van der Waals surface area contributed by atoms with Gasteiger partial charge in [0.2, 0.25) is 0 Å². The maximum absolute atomic E-state index is 5.62. The lowest BCUT2D eigenvalue weighted by molar-refractivity contribution is 0.312. The summed E-state index contributed by atoms with van der Waals surface area (Å²) in [7, 11) is 0. The molecule has 3 heteroatoms. The van der Waals surface area contributed by atoms with Crippen molar-refractivity contribution in [1.29, 1.82) is 0 Å². The Kier molecular flexibility index (Phi) is 4.21. The first-order valence-corrected chi connectivity index (χ1v) is 6.82. The lowest BCUT2D eigenvalue weighted by Gasteiger charge is -2.25. The van der Waals surface area contributed by atoms with Gasteiger partial charge in [-0.3, -0.25) is 0 Å². The van der Waals surface area contributed by atoms with E-state index in [1.54, 1.807) is 6.39 Å². The van der Waals surface area contributed by atoms with Crippen LogP contribution in [-0.4, -0.2) is 11.0 Å². The first kappa shape index (κ1) is 12.6. The fourth-order valence-electron chi connectivity index (χ4n) is 2.57. The molecule has 1 aliphatic carbocycles. The number of nitrogens with zero attached hydrogens (tertiary/aromatic N) is 1. The molecule has 96 valence electrons. The second-order valence-corrected chi connectivity index (χ2v) is 5.66. The molecule has 0 aliphatic heterocycles. The van der Waals surface area contributed by atoms with E-state index in [0.29, 0.717) is 12.0 Å². The number of rotatable bonds is 4. The maximum Gasteiger partial charge on any atom is 0.181 e. The van der Waals surface area contributed by atoms with Crippen molar-refractivity contribution in [2.24, 2.45) is 5.92 Å². The molecule has 1 aromatic heterocycles. The zero-order valence-corrected chi connectivity index (χ0v) is 11.2. The van der Waals surface area contributed by atoms with Crippen LogP contribution in [0.4, 0.5) is 0 Å². The molecule has 1 N–H and O–H groups in total. The summed E-state index contributed by atoms with van der Waals surface area (Å²) >= 11 is 0. The monoisotopic (exact) mass is 236 g/mol. The summed E-state index contributed by atoms with van der Waals surface area (Å²) < 4.78 is 5.62. The van der Waals surface area contributed by atoms with E-state index in [1.807, 2.05) is 0 Å². The Morgan fingerprint density at radius 1 is 1.35 bits per heavy atom. The Balaban J connectivity index is 1.98. The summed E-state index contributed by atoms with van der Waals surface area (Å²) in [4.78, 5) is 4.35. The summed E-state index contributed by atoms with van der Waals surface area (Å²) in [5, 5.41) is 3.41. The zero-order valence-electron chi connectivity index (χ0n) is 11.2. The predicted octanol–water partition coefficient (Wildman–Crippen LogP) is 3.47. The third-order valence-corrected chi connectivity index (χ3v) is 3.74. The molecule has 1 saturated carbocycles. The zero-order chi connectivity index (χ0) is 12.3. The van der Waals surface area contributed by atoms with Crippen LogP contribution < -0.4 is 5.32 Å². The van der Waals surface area contributed by atoms with Gasteiger partial charge in [0, 0.05) is 18.5 Å². The Labute approximate surface area is 104 Å². The topological polar surface area (TPSA) is 38.1 Å². The lowest BCUT2D eigenvalue weighted by atomic mass is 9.81. The fourth-order valence-corrected chi connectivity index (χ4v) is 2.57. The number of hydrogen-bond donors (Lipinski definition) is 1. The van der Waals surface area contributed by atoms with Gasteiger partial charge >= 0.3 is 0 Å². The van der Waals surface area contributed by atoms with Crippen molar-refractivity contribution in [3.63, 3.8) is 0 Å². The van der Waals surface area contributed by atoms with Gasteiger partial charge in [0.25, 0.3) is 0 Å². The van der Waals surface area contributed by atoms with Crippen molar-refractivity contribution in [2.45, 2.75) is 65.0 Å². The van der Waals surface area contributed by atoms with Crippen LogP contribution >= 0.6 is 0 Å². The van der Waals surface area contributed by atoms with Crippen LogP contribution in [0, 0.1) is 5.92 Å². The second kappa shape index (κ2) is 5.67. The number of nitrogens with one attached hydrogen (secondary N) is 1. The summed E-state index contributed by atoms with van der Waals surface area (Å²) in [6.45, 7) is 7.48. The van der Waals surface area contributed by atoms with Crippen LogP contribution in [0.3, 0.4) is 0 Å². The van der Waals surface area contributed by atoms with Gasteiger partial charge in [0.15, 0.2) is 6.39 Å². The standard InChI is InChI=1S/C14H24N2O/c1-10(2)15-8-13-14(17-9-16-13)12-6-4-11(3)5-7-12/h9-12,15H,4-8H2,1-3H3. The van der Waals surface area contributed by atoms with E-state index >= 15 is 0 Å². The van der Waals surface area contributed by atoms with Gasteiger partial charge in [-0.2, -0.15) is 0 Å². The molecule has 1 aromatic rings. The van der Waals surface area contributed by atoms with E-state index in [1.165, 1.54) is 25.7 Å². The molecule has 0 atom stereocenters. The second-order valence-electron chi connectivity index (χ2n) is 5.66. The normalized spacial score (nSPS) is 25.4. The largest absolute Gasteiger partial charge is 0.448 e. The van der Waals surface area contributed by atoms with Crippen LogP contribution in [0.1, 0.15) is 63.8 Å². The highest BCUT2D eigenvalue weighted by atomic mass is 16.3. The Morgan fingerprint density at radius 2 is 2.06 bits per heavy atom. The molecule has 0 bridgehead atoms. The molecule has 1 fully saturated rings. The molecule has 0 aromatic carbocycles. The van der Waals surface area contributed by atoms with E-state index in [-0.39, 0.29) is 0 Å². The molecule has 1 aliphatic rings. The molecule has 0 saturated heterocycles. The van der Waals surface area contributed by atoms with Gasteiger partial charge in [0.05, 0.1) is 5.69 Å². The Hall–Kier alpha value is -0.830. The molecule has 17 heavy (non-hydrogen) atoms. The van der Waals surface area contributed by atoms with Crippen molar-refractivity contribution in [3.8, 4) is 0 Å². The van der Waals surface area contributed by atoms with Gasteiger partial charge in [-0.1, -0.05) is 33.6 Å². The minimum absolute atomic E-state index is 0.492. The van der Waals surface area contributed by atoms with Gasteiger partial charge in [-0.15, -0.1) is 0 Å². The fraction of sp³-hybridized carbons (Fsp3) is 0.786. The molecule has 0 unspecified atom stereocenters. The molecule has 2 rings (SSSR count). The molecule has 0 spiro atoms. The SMILES string of the molecule is CC1CCC(c2ocnc2CNC(C)C)CC1. The molecule has 0 amide bonds. The third kappa shape index (κ3) is 3.32. The van der Waals surface area contributed by atoms with Crippen molar-refractivity contribution in [1.82, 2.24) is 10.3 Å². The van der Waals surface area contributed by atoms with E-state index in [4.69, 9.17) is 4.42 Å². The smallest absolute Gasteiger partial charge is 0.181 e. The van der Waals surface area contributed by atoms with E-state index in [2.05, 4.69) is 31.1 Å². The van der Waals surface area contributed by atoms with Crippen molar-refractivity contribution < 1.29 is 4.42 Å². The highest BCUT2D eigenvalue weighted by molar-refractivity contribution is 5.13. The van der Waals surface area contributed by atoms with Crippen molar-refractivity contribution in [3.05, 3.63) is 17.8 Å². The van der Waals surface area contributed by atoms with Crippen molar-refractivity contribution in [2.75, 3.05) is 0 Å². The van der Waals surface area contributed by atoms with Gasteiger partial charge in [0.1, 0.15) is 5.76 Å². The maximum atomic E-state index is 5.62. The minimum Gasteiger partial charge on any atom is -0.448 e. The number of aromatic nitrogens is 1. The molecule has 0 radical (unpaired) electrons. The molecule has 3 nitrogen and oxygen atoms in total. The van der Waals surface area contributed by atoms with Gasteiger partial charge < -0.3 is 9.73 Å². The van der Waals surface area contributed by atoms with E-state index in [0.717, 1.165) is 23.9 Å². The quantitative estimate of drug-likeness (QED) is 0.870. The van der Waals surface area contributed by atoms with Crippen LogP contribution in [-0.2, 0) is 6.54 Å². The number of oxazole rings is 1. The van der Waals surface area contributed by atoms with Crippen molar-refractivity contribution >= 4 is 0 Å². The first-order valence-electron chi connectivity index (χ1n) is 6.82. The van der Waals surface area contributed by atoms with Crippen LogP contribution in [0.2, 0.25) is 0 Å². The minimum atomic E-state index is 0.492. The molecular formula is C14H24N2O. The van der Waals surface area contributed by atoms with Gasteiger partial charge in [-0.25, -0.2) is 4.98 Å². The lowest BCUT2D eigenvalue weighted by Crippen LogP contribution is -2.23. The highest BCUT2D eigenvalue weighted by Crippen LogP contribution is 2.36.